The van der Waals surface area contributed by atoms with Gasteiger partial charge in [0.2, 0.25) is 0 Å². The second kappa shape index (κ2) is 7.45. The summed E-state index contributed by atoms with van der Waals surface area (Å²) >= 11 is 3.64. The average molecular weight is 358 g/mol. The summed E-state index contributed by atoms with van der Waals surface area (Å²) in [7, 11) is 5.45. The van der Waals surface area contributed by atoms with Crippen LogP contribution >= 0.6 is 15.9 Å². The van der Waals surface area contributed by atoms with Gasteiger partial charge in [-0.3, -0.25) is 4.90 Å². The van der Waals surface area contributed by atoms with Gasteiger partial charge in [0, 0.05) is 43.2 Å². The number of halogens is 1. The van der Waals surface area contributed by atoms with Crippen LogP contribution in [-0.4, -0.2) is 63.8 Å². The molecule has 1 saturated heterocycles. The highest BCUT2D eigenvalue weighted by Crippen LogP contribution is 2.37. The van der Waals surface area contributed by atoms with Crippen molar-refractivity contribution in [3.05, 3.63) is 22.2 Å². The van der Waals surface area contributed by atoms with E-state index < -0.39 is 0 Å². The van der Waals surface area contributed by atoms with Crippen molar-refractivity contribution >= 4 is 15.9 Å². The molecule has 2 rings (SSSR count). The zero-order chi connectivity index (χ0) is 15.4. The molecule has 1 unspecified atom stereocenters. The van der Waals surface area contributed by atoms with Gasteiger partial charge in [0.1, 0.15) is 0 Å². The molecule has 1 aliphatic rings. The molecule has 1 atom stereocenters. The predicted molar refractivity (Wildman–Crippen MR) is 88.1 cm³/mol. The Morgan fingerprint density at radius 3 is 2.24 bits per heavy atom. The molecule has 1 aromatic carbocycles. The topological polar surface area (TPSA) is 51.0 Å². The van der Waals surface area contributed by atoms with Gasteiger partial charge in [0.15, 0.2) is 11.5 Å². The lowest BCUT2D eigenvalue weighted by Gasteiger charge is -2.38. The first-order valence-corrected chi connectivity index (χ1v) is 7.94. The van der Waals surface area contributed by atoms with Crippen LogP contribution in [0.15, 0.2) is 16.6 Å². The van der Waals surface area contributed by atoms with E-state index in [4.69, 9.17) is 15.2 Å². The van der Waals surface area contributed by atoms with Gasteiger partial charge in [0.05, 0.1) is 14.2 Å². The summed E-state index contributed by atoms with van der Waals surface area (Å²) in [5.74, 6) is 1.46. The molecule has 0 saturated carbocycles. The normalized spacial score (nSPS) is 18.5. The molecule has 118 valence electrons. The van der Waals surface area contributed by atoms with Crippen LogP contribution in [0.5, 0.6) is 11.5 Å². The molecule has 0 bridgehead atoms. The van der Waals surface area contributed by atoms with Crippen molar-refractivity contribution in [3.63, 3.8) is 0 Å². The van der Waals surface area contributed by atoms with Crippen molar-refractivity contribution in [3.8, 4) is 11.5 Å². The zero-order valence-corrected chi connectivity index (χ0v) is 14.5. The van der Waals surface area contributed by atoms with Crippen molar-refractivity contribution in [2.24, 2.45) is 5.73 Å². The maximum atomic E-state index is 6.05. The van der Waals surface area contributed by atoms with Crippen LogP contribution < -0.4 is 15.2 Å². The summed E-state index contributed by atoms with van der Waals surface area (Å²) < 4.78 is 11.8. The van der Waals surface area contributed by atoms with E-state index in [9.17, 15) is 0 Å². The Morgan fingerprint density at radius 2 is 1.71 bits per heavy atom. The molecule has 1 heterocycles. The van der Waals surface area contributed by atoms with E-state index >= 15 is 0 Å². The quantitative estimate of drug-likeness (QED) is 0.869. The van der Waals surface area contributed by atoms with Crippen molar-refractivity contribution < 1.29 is 9.47 Å². The van der Waals surface area contributed by atoms with Crippen molar-refractivity contribution in [2.45, 2.75) is 6.04 Å². The smallest absolute Gasteiger partial charge is 0.161 e. The summed E-state index contributed by atoms with van der Waals surface area (Å²) in [5, 5.41) is 0. The first kappa shape index (κ1) is 16.5. The second-order valence-corrected chi connectivity index (χ2v) is 6.17. The number of hydrogen-bond donors (Lipinski definition) is 1. The lowest BCUT2D eigenvalue weighted by Crippen LogP contribution is -2.47. The Balaban J connectivity index is 2.29. The maximum Gasteiger partial charge on any atom is 0.161 e. The summed E-state index contributed by atoms with van der Waals surface area (Å²) in [6, 6.07) is 4.17. The standard InChI is InChI=1S/C15H24BrN3O2/c1-18-4-6-19(7-5-18)13(10-17)11-8-14(20-2)15(21-3)9-12(11)16/h8-9,13H,4-7,10,17H2,1-3H3. The first-order chi connectivity index (χ1) is 10.1. The van der Waals surface area contributed by atoms with Crippen LogP contribution in [0.25, 0.3) is 0 Å². The van der Waals surface area contributed by atoms with Crippen LogP contribution in [-0.2, 0) is 0 Å². The number of nitrogens with two attached hydrogens (primary N) is 1. The van der Waals surface area contributed by atoms with Crippen molar-refractivity contribution in [2.75, 3.05) is 54.0 Å². The monoisotopic (exact) mass is 357 g/mol. The van der Waals surface area contributed by atoms with E-state index in [1.807, 2.05) is 12.1 Å². The number of methoxy groups -OCH3 is 2. The Labute approximate surface area is 135 Å². The average Bonchev–Trinajstić information content (AvgIpc) is 2.50. The number of hydrogen-bond acceptors (Lipinski definition) is 5. The Bertz CT molecular complexity index is 476. The van der Waals surface area contributed by atoms with E-state index in [1.54, 1.807) is 14.2 Å². The fourth-order valence-corrected chi connectivity index (χ4v) is 3.32. The second-order valence-electron chi connectivity index (χ2n) is 5.32. The van der Waals surface area contributed by atoms with E-state index in [-0.39, 0.29) is 6.04 Å². The van der Waals surface area contributed by atoms with Gasteiger partial charge in [0.25, 0.3) is 0 Å². The van der Waals surface area contributed by atoms with E-state index in [1.165, 1.54) is 0 Å². The maximum absolute atomic E-state index is 6.05. The number of rotatable bonds is 5. The molecule has 0 aromatic heterocycles. The molecular weight excluding hydrogens is 334 g/mol. The van der Waals surface area contributed by atoms with E-state index in [0.29, 0.717) is 6.54 Å². The van der Waals surface area contributed by atoms with Gasteiger partial charge >= 0.3 is 0 Å². The Morgan fingerprint density at radius 1 is 1.14 bits per heavy atom. The highest BCUT2D eigenvalue weighted by atomic mass is 79.9. The number of likely N-dealkylation sites (N-methyl/N-ethyl adjacent to an activating group) is 1. The molecule has 6 heteroatoms. The summed E-state index contributed by atoms with van der Waals surface area (Å²) in [6.45, 7) is 4.78. The highest BCUT2D eigenvalue weighted by Gasteiger charge is 2.25. The fraction of sp³-hybridized carbons (Fsp3) is 0.600. The van der Waals surface area contributed by atoms with Crippen molar-refractivity contribution in [1.82, 2.24) is 9.80 Å². The van der Waals surface area contributed by atoms with Crippen molar-refractivity contribution in [1.29, 1.82) is 0 Å². The Hall–Kier alpha value is -0.820. The van der Waals surface area contributed by atoms with E-state index in [2.05, 4.69) is 32.8 Å². The molecule has 0 radical (unpaired) electrons. The number of nitrogens with zero attached hydrogens (tertiary/aromatic N) is 2. The van der Waals surface area contributed by atoms with E-state index in [0.717, 1.165) is 47.7 Å². The zero-order valence-electron chi connectivity index (χ0n) is 12.9. The third kappa shape index (κ3) is 3.69. The predicted octanol–water partition coefficient (Wildman–Crippen LogP) is 1.71. The molecule has 1 aliphatic heterocycles. The van der Waals surface area contributed by atoms with Gasteiger partial charge in [-0.1, -0.05) is 15.9 Å². The molecule has 1 aromatic rings. The molecule has 0 amide bonds. The number of piperazine rings is 1. The van der Waals surface area contributed by atoms with Crippen LogP contribution in [0.1, 0.15) is 11.6 Å². The van der Waals surface area contributed by atoms with Gasteiger partial charge in [-0.05, 0) is 24.7 Å². The largest absolute Gasteiger partial charge is 0.493 e. The Kier molecular flexibility index (Phi) is 5.87. The number of benzene rings is 1. The summed E-state index contributed by atoms with van der Waals surface area (Å²) in [6.07, 6.45) is 0. The minimum absolute atomic E-state index is 0.188. The third-order valence-corrected chi connectivity index (χ3v) is 4.75. The van der Waals surface area contributed by atoms with Crippen LogP contribution in [0.3, 0.4) is 0 Å². The molecule has 1 fully saturated rings. The summed E-state index contributed by atoms with van der Waals surface area (Å²) in [5.41, 5.74) is 7.21. The van der Waals surface area contributed by atoms with Crippen LogP contribution in [0, 0.1) is 0 Å². The van der Waals surface area contributed by atoms with Gasteiger partial charge in [-0.15, -0.1) is 0 Å². The van der Waals surface area contributed by atoms with Crippen LogP contribution in [0.4, 0.5) is 0 Å². The minimum atomic E-state index is 0.188. The number of ether oxygens (including phenoxy) is 2. The lowest BCUT2D eigenvalue weighted by molar-refractivity contribution is 0.114. The molecular formula is C15H24BrN3O2. The lowest BCUT2D eigenvalue weighted by atomic mass is 10.0. The minimum Gasteiger partial charge on any atom is -0.493 e. The molecule has 21 heavy (non-hydrogen) atoms. The van der Waals surface area contributed by atoms with Gasteiger partial charge in [-0.25, -0.2) is 0 Å². The highest BCUT2D eigenvalue weighted by molar-refractivity contribution is 9.10. The van der Waals surface area contributed by atoms with Gasteiger partial charge in [-0.2, -0.15) is 0 Å². The molecule has 5 nitrogen and oxygen atoms in total. The summed E-state index contributed by atoms with van der Waals surface area (Å²) in [4.78, 5) is 4.78. The van der Waals surface area contributed by atoms with Crippen LogP contribution in [0.2, 0.25) is 0 Å². The molecule has 2 N–H and O–H groups in total. The molecule has 0 aliphatic carbocycles. The molecule has 0 spiro atoms. The fourth-order valence-electron chi connectivity index (χ4n) is 2.73. The SMILES string of the molecule is COc1cc(Br)c(C(CN)N2CCN(C)CC2)cc1OC. The van der Waals surface area contributed by atoms with Gasteiger partial charge < -0.3 is 20.1 Å². The third-order valence-electron chi connectivity index (χ3n) is 4.06. The first-order valence-electron chi connectivity index (χ1n) is 7.14.